The normalized spacial score (nSPS) is 20.3. The van der Waals surface area contributed by atoms with Gasteiger partial charge in [-0.2, -0.15) is 29.9 Å². The van der Waals surface area contributed by atoms with Crippen LogP contribution in [-0.4, -0.2) is 27.5 Å². The third kappa shape index (κ3) is 4.15. The SMILES string of the molecule is Nc1nc(NCC2CCCCS2)cc(C(F)(F)F)n1. The van der Waals surface area contributed by atoms with Crippen LogP contribution in [0.25, 0.3) is 0 Å². The highest BCUT2D eigenvalue weighted by atomic mass is 32.2. The first-order valence-corrected chi connectivity index (χ1v) is 7.07. The maximum Gasteiger partial charge on any atom is 0.433 e. The minimum absolute atomic E-state index is 0.131. The molecular formula is C11H15F3N4S. The van der Waals surface area contributed by atoms with Crippen molar-refractivity contribution in [1.82, 2.24) is 9.97 Å². The number of nitrogens with two attached hydrogens (primary N) is 1. The molecule has 0 radical (unpaired) electrons. The summed E-state index contributed by atoms with van der Waals surface area (Å²) in [5.74, 6) is 0.867. The summed E-state index contributed by atoms with van der Waals surface area (Å²) in [7, 11) is 0. The Labute approximate surface area is 113 Å². The number of halogens is 3. The van der Waals surface area contributed by atoms with E-state index in [1.54, 1.807) is 0 Å². The van der Waals surface area contributed by atoms with Gasteiger partial charge in [0.1, 0.15) is 5.82 Å². The van der Waals surface area contributed by atoms with Gasteiger partial charge in [-0.25, -0.2) is 4.98 Å². The molecule has 2 heterocycles. The number of anilines is 2. The third-order valence-corrected chi connectivity index (χ3v) is 4.22. The van der Waals surface area contributed by atoms with Gasteiger partial charge in [-0.1, -0.05) is 6.42 Å². The zero-order valence-electron chi connectivity index (χ0n) is 10.2. The van der Waals surface area contributed by atoms with E-state index in [0.29, 0.717) is 11.8 Å². The molecule has 0 saturated carbocycles. The summed E-state index contributed by atoms with van der Waals surface area (Å²) in [4.78, 5) is 6.97. The Balaban J connectivity index is 2.01. The van der Waals surface area contributed by atoms with Crippen LogP contribution in [0.1, 0.15) is 25.0 Å². The summed E-state index contributed by atoms with van der Waals surface area (Å²) < 4.78 is 37.7. The minimum atomic E-state index is -4.51. The van der Waals surface area contributed by atoms with Crippen LogP contribution in [0.2, 0.25) is 0 Å². The van der Waals surface area contributed by atoms with E-state index in [2.05, 4.69) is 15.3 Å². The van der Waals surface area contributed by atoms with Crippen LogP contribution >= 0.6 is 11.8 Å². The number of thioether (sulfide) groups is 1. The summed E-state index contributed by atoms with van der Waals surface area (Å²) >= 11 is 1.84. The van der Waals surface area contributed by atoms with E-state index in [1.807, 2.05) is 11.8 Å². The zero-order chi connectivity index (χ0) is 13.9. The Morgan fingerprint density at radius 2 is 2.16 bits per heavy atom. The van der Waals surface area contributed by atoms with E-state index in [1.165, 1.54) is 12.8 Å². The highest BCUT2D eigenvalue weighted by Gasteiger charge is 2.33. The summed E-state index contributed by atoms with van der Waals surface area (Å²) in [6.07, 6.45) is -1.06. The maximum atomic E-state index is 12.6. The predicted octanol–water partition coefficient (Wildman–Crippen LogP) is 2.78. The van der Waals surface area contributed by atoms with Gasteiger partial charge in [0.2, 0.25) is 5.95 Å². The lowest BCUT2D eigenvalue weighted by Crippen LogP contribution is -2.21. The Morgan fingerprint density at radius 1 is 1.37 bits per heavy atom. The Morgan fingerprint density at radius 3 is 2.79 bits per heavy atom. The van der Waals surface area contributed by atoms with E-state index in [0.717, 1.165) is 18.2 Å². The molecule has 1 fully saturated rings. The van der Waals surface area contributed by atoms with Crippen LogP contribution in [0, 0.1) is 0 Å². The van der Waals surface area contributed by atoms with Crippen molar-refractivity contribution in [2.45, 2.75) is 30.7 Å². The monoisotopic (exact) mass is 292 g/mol. The van der Waals surface area contributed by atoms with Gasteiger partial charge in [0.25, 0.3) is 0 Å². The van der Waals surface area contributed by atoms with E-state index < -0.39 is 11.9 Å². The molecule has 1 atom stereocenters. The summed E-state index contributed by atoms with van der Waals surface area (Å²) in [5.41, 5.74) is 4.28. The van der Waals surface area contributed by atoms with Crippen molar-refractivity contribution in [3.05, 3.63) is 11.8 Å². The van der Waals surface area contributed by atoms with Crippen LogP contribution in [-0.2, 0) is 6.18 Å². The summed E-state index contributed by atoms with van der Waals surface area (Å²) in [6.45, 7) is 0.596. The molecule has 3 N–H and O–H groups in total. The van der Waals surface area contributed by atoms with Gasteiger partial charge >= 0.3 is 6.18 Å². The van der Waals surface area contributed by atoms with Crippen molar-refractivity contribution in [2.24, 2.45) is 0 Å². The zero-order valence-corrected chi connectivity index (χ0v) is 11.0. The lowest BCUT2D eigenvalue weighted by Gasteiger charge is -2.21. The molecule has 106 valence electrons. The Bertz CT molecular complexity index is 432. The molecule has 0 aromatic carbocycles. The van der Waals surface area contributed by atoms with Crippen molar-refractivity contribution in [1.29, 1.82) is 0 Å². The third-order valence-electron chi connectivity index (χ3n) is 2.82. The van der Waals surface area contributed by atoms with Crippen molar-refractivity contribution in [2.75, 3.05) is 23.3 Å². The highest BCUT2D eigenvalue weighted by molar-refractivity contribution is 7.99. The lowest BCUT2D eigenvalue weighted by atomic mass is 10.2. The van der Waals surface area contributed by atoms with Crippen LogP contribution < -0.4 is 11.1 Å². The van der Waals surface area contributed by atoms with Gasteiger partial charge < -0.3 is 11.1 Å². The Kier molecular flexibility index (Phi) is 4.38. The summed E-state index contributed by atoms with van der Waals surface area (Å²) in [6, 6.07) is 0.893. The molecule has 1 aliphatic rings. The molecule has 0 spiro atoms. The van der Waals surface area contributed by atoms with Crippen molar-refractivity contribution >= 4 is 23.5 Å². The molecule has 8 heteroatoms. The van der Waals surface area contributed by atoms with Crippen molar-refractivity contribution in [3.63, 3.8) is 0 Å². The maximum absolute atomic E-state index is 12.6. The summed E-state index contributed by atoms with van der Waals surface area (Å²) in [5, 5.41) is 3.33. The standard InChI is InChI=1S/C11H15F3N4S/c12-11(13,14)8-5-9(18-10(15)17-8)16-6-7-3-1-2-4-19-7/h5,7H,1-4,6H2,(H3,15,16,17,18). The Hall–Kier alpha value is -1.18. The molecule has 0 amide bonds. The first kappa shape index (κ1) is 14.2. The quantitative estimate of drug-likeness (QED) is 0.897. The van der Waals surface area contributed by atoms with Crippen LogP contribution in [0.15, 0.2) is 6.07 Å². The molecule has 1 aromatic heterocycles. The molecule has 2 rings (SSSR count). The smallest absolute Gasteiger partial charge is 0.369 e. The van der Waals surface area contributed by atoms with Gasteiger partial charge in [0.05, 0.1) is 0 Å². The fraction of sp³-hybridized carbons (Fsp3) is 0.636. The lowest BCUT2D eigenvalue weighted by molar-refractivity contribution is -0.141. The minimum Gasteiger partial charge on any atom is -0.369 e. The molecule has 19 heavy (non-hydrogen) atoms. The molecular weight excluding hydrogens is 277 g/mol. The molecule has 4 nitrogen and oxygen atoms in total. The number of alkyl halides is 3. The number of nitrogens with one attached hydrogen (secondary N) is 1. The van der Waals surface area contributed by atoms with Gasteiger partial charge in [-0.3, -0.25) is 0 Å². The molecule has 0 bridgehead atoms. The van der Waals surface area contributed by atoms with Gasteiger partial charge in [0, 0.05) is 17.9 Å². The molecule has 0 aliphatic carbocycles. The number of nitrogen functional groups attached to an aromatic ring is 1. The average Bonchev–Trinajstić information content (AvgIpc) is 2.36. The fourth-order valence-electron chi connectivity index (χ4n) is 1.89. The van der Waals surface area contributed by atoms with E-state index in [4.69, 9.17) is 5.73 Å². The average molecular weight is 292 g/mol. The fourth-order valence-corrected chi connectivity index (χ4v) is 3.13. The number of rotatable bonds is 3. The second kappa shape index (κ2) is 5.85. The molecule has 1 saturated heterocycles. The molecule has 1 unspecified atom stereocenters. The van der Waals surface area contributed by atoms with Crippen LogP contribution in [0.4, 0.5) is 24.9 Å². The second-order valence-corrected chi connectivity index (χ2v) is 5.77. The molecule has 1 aliphatic heterocycles. The van der Waals surface area contributed by atoms with Gasteiger partial charge in [0.15, 0.2) is 5.69 Å². The first-order chi connectivity index (χ1) is 8.95. The number of nitrogens with zero attached hydrogens (tertiary/aromatic N) is 2. The second-order valence-electron chi connectivity index (χ2n) is 4.36. The number of hydrogen-bond acceptors (Lipinski definition) is 5. The number of aromatic nitrogens is 2. The van der Waals surface area contributed by atoms with Crippen LogP contribution in [0.5, 0.6) is 0 Å². The molecule has 1 aromatic rings. The topological polar surface area (TPSA) is 63.8 Å². The van der Waals surface area contributed by atoms with Crippen molar-refractivity contribution < 1.29 is 13.2 Å². The predicted molar refractivity (Wildman–Crippen MR) is 70.0 cm³/mol. The number of hydrogen-bond donors (Lipinski definition) is 2. The van der Waals surface area contributed by atoms with Gasteiger partial charge in [-0.15, -0.1) is 0 Å². The highest BCUT2D eigenvalue weighted by Crippen LogP contribution is 2.30. The largest absolute Gasteiger partial charge is 0.433 e. The van der Waals surface area contributed by atoms with Crippen molar-refractivity contribution in [3.8, 4) is 0 Å². The van der Waals surface area contributed by atoms with E-state index in [-0.39, 0.29) is 11.8 Å². The van der Waals surface area contributed by atoms with Crippen LogP contribution in [0.3, 0.4) is 0 Å². The van der Waals surface area contributed by atoms with Gasteiger partial charge in [-0.05, 0) is 18.6 Å². The van der Waals surface area contributed by atoms with E-state index >= 15 is 0 Å². The first-order valence-electron chi connectivity index (χ1n) is 6.02. The van der Waals surface area contributed by atoms with E-state index in [9.17, 15) is 13.2 Å².